The Hall–Kier alpha value is -3.92. The number of nitrogens with zero attached hydrogens (tertiary/aromatic N) is 1. The van der Waals surface area contributed by atoms with Gasteiger partial charge in [0.15, 0.2) is 0 Å². The van der Waals surface area contributed by atoms with Gasteiger partial charge in [0.05, 0.1) is 5.56 Å². The normalized spacial score (nSPS) is 19.3. The van der Waals surface area contributed by atoms with Crippen LogP contribution in [0.5, 0.6) is 0 Å². The van der Waals surface area contributed by atoms with Crippen LogP contribution in [-0.2, 0) is 5.66 Å². The van der Waals surface area contributed by atoms with E-state index in [4.69, 9.17) is 0 Å². The van der Waals surface area contributed by atoms with Gasteiger partial charge in [0.2, 0.25) is 11.4 Å². The highest BCUT2D eigenvalue weighted by Gasteiger charge is 2.57. The molecule has 1 aliphatic carbocycles. The van der Waals surface area contributed by atoms with E-state index in [1.54, 1.807) is 11.0 Å². The van der Waals surface area contributed by atoms with E-state index in [2.05, 4.69) is 5.32 Å². The number of hydrogen-bond donors (Lipinski definition) is 1. The lowest BCUT2D eigenvalue weighted by atomic mass is 9.91. The van der Waals surface area contributed by atoms with Gasteiger partial charge in [-0.25, -0.2) is 0 Å². The van der Waals surface area contributed by atoms with Crippen LogP contribution in [0.3, 0.4) is 0 Å². The first kappa shape index (κ1) is 17.0. The summed E-state index contributed by atoms with van der Waals surface area (Å²) in [5.41, 5.74) is 3.14. The van der Waals surface area contributed by atoms with Crippen LogP contribution in [0.15, 0.2) is 84.9 Å². The molecule has 0 saturated carbocycles. The third-order valence-corrected chi connectivity index (χ3v) is 6.17. The van der Waals surface area contributed by atoms with Crippen molar-refractivity contribution in [2.24, 2.45) is 0 Å². The molecular weight excluding hydrogens is 372 g/mol. The molecule has 1 heterocycles. The molecule has 6 rings (SSSR count). The van der Waals surface area contributed by atoms with Crippen molar-refractivity contribution in [1.82, 2.24) is 0 Å². The molecule has 4 nitrogen and oxygen atoms in total. The summed E-state index contributed by atoms with van der Waals surface area (Å²) in [5, 5.41) is 5.38. The molecule has 1 aliphatic heterocycles. The molecule has 144 valence electrons. The van der Waals surface area contributed by atoms with Crippen molar-refractivity contribution in [3.8, 4) is 0 Å². The summed E-state index contributed by atoms with van der Waals surface area (Å²) in [6, 6.07) is 26.8. The minimum atomic E-state index is -1.32. The van der Waals surface area contributed by atoms with Crippen molar-refractivity contribution < 1.29 is 9.59 Å². The van der Waals surface area contributed by atoms with Crippen LogP contribution in [-0.4, -0.2) is 11.7 Å². The molecule has 4 aromatic carbocycles. The molecule has 30 heavy (non-hydrogen) atoms. The average Bonchev–Trinajstić information content (AvgIpc) is 3.00. The molecule has 2 aliphatic rings. The maximum Gasteiger partial charge on any atom is 0.262 e. The molecule has 1 amide bonds. The van der Waals surface area contributed by atoms with Crippen LogP contribution in [0.4, 0.5) is 11.4 Å². The molecule has 4 aromatic rings. The third kappa shape index (κ3) is 2.00. The number of hydrogen-bond acceptors (Lipinski definition) is 3. The van der Waals surface area contributed by atoms with E-state index in [-0.39, 0.29) is 11.7 Å². The fraction of sp³-hybridized carbons (Fsp3) is 0.0769. The van der Waals surface area contributed by atoms with Gasteiger partial charge in [-0.3, -0.25) is 14.5 Å². The minimum Gasteiger partial charge on any atom is -0.351 e. The van der Waals surface area contributed by atoms with Gasteiger partial charge in [-0.1, -0.05) is 66.2 Å². The molecule has 4 heteroatoms. The Morgan fingerprint density at radius 2 is 1.47 bits per heavy atom. The molecule has 0 saturated heterocycles. The number of carbonyl (C=O) groups excluding carboxylic acids is 2. The lowest BCUT2D eigenvalue weighted by Gasteiger charge is -2.45. The number of Topliss-reactive ketones (excluding diaryl/α,β-unsaturated/α-hetero) is 1. The Morgan fingerprint density at radius 1 is 0.767 bits per heavy atom. The van der Waals surface area contributed by atoms with Crippen LogP contribution in [0.1, 0.15) is 31.8 Å². The van der Waals surface area contributed by atoms with Crippen molar-refractivity contribution in [3.05, 3.63) is 107 Å². The van der Waals surface area contributed by atoms with Gasteiger partial charge in [-0.05, 0) is 36.6 Å². The van der Waals surface area contributed by atoms with Crippen LogP contribution >= 0.6 is 0 Å². The summed E-state index contributed by atoms with van der Waals surface area (Å²) >= 11 is 0. The molecule has 0 radical (unpaired) electrons. The predicted octanol–water partition coefficient (Wildman–Crippen LogP) is 5.27. The number of aryl methyl sites for hydroxylation is 1. The van der Waals surface area contributed by atoms with Crippen LogP contribution < -0.4 is 10.2 Å². The maximum atomic E-state index is 14.0. The third-order valence-electron chi connectivity index (χ3n) is 6.17. The van der Waals surface area contributed by atoms with Gasteiger partial charge in [0.25, 0.3) is 5.91 Å². The van der Waals surface area contributed by atoms with Gasteiger partial charge in [0.1, 0.15) is 0 Å². The van der Waals surface area contributed by atoms with Crippen LogP contribution in [0, 0.1) is 6.92 Å². The zero-order valence-electron chi connectivity index (χ0n) is 16.3. The first-order chi connectivity index (χ1) is 14.6. The number of rotatable bonds is 1. The van der Waals surface area contributed by atoms with E-state index in [0.717, 1.165) is 21.9 Å². The summed E-state index contributed by atoms with van der Waals surface area (Å²) in [5.74, 6) is -0.302. The standard InChI is InChI=1S/C26H18N2O2/c1-16-12-14-18(15-13-16)28-25(30)19-8-2-3-11-22(19)27-26(28)21-10-5-7-17-6-4-9-20(23(17)21)24(26)29/h2-15,27H,1H3. The predicted molar refractivity (Wildman–Crippen MR) is 118 cm³/mol. The highest BCUT2D eigenvalue weighted by molar-refractivity contribution is 6.28. The van der Waals surface area contributed by atoms with Gasteiger partial charge < -0.3 is 5.32 Å². The van der Waals surface area contributed by atoms with Gasteiger partial charge >= 0.3 is 0 Å². The van der Waals surface area contributed by atoms with Gasteiger partial charge in [0, 0.05) is 27.9 Å². The van der Waals surface area contributed by atoms with Crippen molar-refractivity contribution >= 4 is 33.8 Å². The Kier molecular flexibility index (Phi) is 3.28. The minimum absolute atomic E-state index is 0.113. The number of fused-ring (bicyclic) bond motifs is 2. The van der Waals surface area contributed by atoms with E-state index in [1.165, 1.54) is 0 Å². The smallest absolute Gasteiger partial charge is 0.262 e. The summed E-state index contributed by atoms with van der Waals surface area (Å²) < 4.78 is 0. The first-order valence-electron chi connectivity index (χ1n) is 9.97. The zero-order chi connectivity index (χ0) is 20.5. The number of amides is 1. The number of nitrogens with one attached hydrogen (secondary N) is 1. The quantitative estimate of drug-likeness (QED) is 0.482. The lowest BCUT2D eigenvalue weighted by molar-refractivity contribution is 0.0840. The molecule has 0 fully saturated rings. The first-order valence-corrected chi connectivity index (χ1v) is 9.97. The number of carbonyl (C=O) groups is 2. The molecule has 1 unspecified atom stereocenters. The van der Waals surface area contributed by atoms with Crippen LogP contribution in [0.25, 0.3) is 10.8 Å². The Morgan fingerprint density at radius 3 is 2.27 bits per heavy atom. The fourth-order valence-electron chi connectivity index (χ4n) is 4.80. The molecule has 0 bridgehead atoms. The molecular formula is C26H18N2O2. The van der Waals surface area contributed by atoms with Crippen molar-refractivity contribution in [1.29, 1.82) is 0 Å². The molecule has 0 aromatic heterocycles. The van der Waals surface area contributed by atoms with E-state index in [1.807, 2.05) is 85.8 Å². The largest absolute Gasteiger partial charge is 0.351 e. The summed E-state index contributed by atoms with van der Waals surface area (Å²) in [4.78, 5) is 29.4. The Labute approximate surface area is 173 Å². The van der Waals surface area contributed by atoms with E-state index in [9.17, 15) is 9.59 Å². The number of benzene rings is 4. The fourth-order valence-corrected chi connectivity index (χ4v) is 4.80. The molecule has 1 spiro atoms. The maximum absolute atomic E-state index is 14.0. The average molecular weight is 390 g/mol. The number of para-hydroxylation sites is 1. The van der Waals surface area contributed by atoms with Gasteiger partial charge in [-0.2, -0.15) is 0 Å². The Bertz CT molecular complexity index is 1370. The van der Waals surface area contributed by atoms with E-state index in [0.29, 0.717) is 22.5 Å². The van der Waals surface area contributed by atoms with Gasteiger partial charge in [-0.15, -0.1) is 0 Å². The van der Waals surface area contributed by atoms with E-state index < -0.39 is 5.66 Å². The summed E-state index contributed by atoms with van der Waals surface area (Å²) in [7, 11) is 0. The topological polar surface area (TPSA) is 49.4 Å². The second-order valence-corrected chi connectivity index (χ2v) is 7.90. The van der Waals surface area contributed by atoms with Crippen LogP contribution in [0.2, 0.25) is 0 Å². The zero-order valence-corrected chi connectivity index (χ0v) is 16.3. The second-order valence-electron chi connectivity index (χ2n) is 7.90. The van der Waals surface area contributed by atoms with E-state index >= 15 is 0 Å². The summed E-state index contributed by atoms with van der Waals surface area (Å²) in [6.45, 7) is 2.00. The van der Waals surface area contributed by atoms with Crippen molar-refractivity contribution in [2.45, 2.75) is 12.6 Å². The van der Waals surface area contributed by atoms with Crippen molar-refractivity contribution in [3.63, 3.8) is 0 Å². The van der Waals surface area contributed by atoms with Crippen molar-refractivity contribution in [2.75, 3.05) is 10.2 Å². The lowest BCUT2D eigenvalue weighted by Crippen LogP contribution is -2.61. The highest BCUT2D eigenvalue weighted by Crippen LogP contribution is 2.49. The number of anilines is 2. The molecule has 1 atom stereocenters. The Balaban J connectivity index is 1.71. The number of ketones is 1. The summed E-state index contributed by atoms with van der Waals surface area (Å²) in [6.07, 6.45) is 0. The molecule has 1 N–H and O–H groups in total. The SMILES string of the molecule is Cc1ccc(N2C(=O)c3ccccc3NC23C(=O)c2cccc4cccc3c24)cc1. The highest BCUT2D eigenvalue weighted by atomic mass is 16.2. The monoisotopic (exact) mass is 390 g/mol. The second kappa shape index (κ2) is 5.80.